The summed E-state index contributed by atoms with van der Waals surface area (Å²) in [5.74, 6) is -0.472. The number of rotatable bonds is 8. The van der Waals surface area contributed by atoms with Crippen molar-refractivity contribution in [2.24, 2.45) is 0 Å². The standard InChI is InChI=1S/C30H29N5O3S/c1-20-8-12-22(13-9-20)32-26(36)16-19-35-28(27(33-30(35)39)24-6-3-4-17-31-24)25-7-5-18-34(25)23-14-10-21(11-15-23)29(37)38-2/h3-15,17-18,27-28H,16,19H2,1-2H3,(H,32,36)(H,33,39)/t27-,28-/m1/s1. The van der Waals surface area contributed by atoms with E-state index in [0.29, 0.717) is 17.2 Å². The van der Waals surface area contributed by atoms with Gasteiger partial charge in [-0.05, 0) is 79.8 Å². The first kappa shape index (κ1) is 26.1. The van der Waals surface area contributed by atoms with Crippen molar-refractivity contribution in [2.45, 2.75) is 25.4 Å². The van der Waals surface area contributed by atoms with Crippen LogP contribution < -0.4 is 10.6 Å². The molecule has 5 rings (SSSR count). The Kier molecular flexibility index (Phi) is 7.69. The zero-order valence-electron chi connectivity index (χ0n) is 21.7. The highest BCUT2D eigenvalue weighted by molar-refractivity contribution is 7.80. The summed E-state index contributed by atoms with van der Waals surface area (Å²) in [6.45, 7) is 2.43. The molecular formula is C30H29N5O3S. The summed E-state index contributed by atoms with van der Waals surface area (Å²) < 4.78 is 6.90. The fraction of sp³-hybridized carbons (Fsp3) is 0.200. The third-order valence-electron chi connectivity index (χ3n) is 6.76. The van der Waals surface area contributed by atoms with Crippen LogP contribution in [0.4, 0.5) is 5.69 Å². The molecule has 0 saturated carbocycles. The van der Waals surface area contributed by atoms with E-state index in [1.54, 1.807) is 18.3 Å². The summed E-state index contributed by atoms with van der Waals surface area (Å²) in [6, 6.07) is 24.3. The van der Waals surface area contributed by atoms with Crippen LogP contribution in [0.5, 0.6) is 0 Å². The molecule has 1 amide bonds. The highest BCUT2D eigenvalue weighted by Crippen LogP contribution is 2.39. The third-order valence-corrected chi connectivity index (χ3v) is 7.12. The first-order valence-electron chi connectivity index (χ1n) is 12.6. The number of aromatic nitrogens is 2. The van der Waals surface area contributed by atoms with E-state index in [-0.39, 0.29) is 30.4 Å². The molecule has 1 aliphatic heterocycles. The maximum absolute atomic E-state index is 12.8. The summed E-state index contributed by atoms with van der Waals surface area (Å²) in [4.78, 5) is 31.4. The van der Waals surface area contributed by atoms with Gasteiger partial charge in [0.25, 0.3) is 0 Å². The monoisotopic (exact) mass is 539 g/mol. The first-order chi connectivity index (χ1) is 18.9. The van der Waals surface area contributed by atoms with Crippen LogP contribution in [-0.2, 0) is 9.53 Å². The van der Waals surface area contributed by atoms with Crippen LogP contribution in [0.25, 0.3) is 5.69 Å². The smallest absolute Gasteiger partial charge is 0.337 e. The van der Waals surface area contributed by atoms with Gasteiger partial charge in [-0.2, -0.15) is 0 Å². The zero-order valence-corrected chi connectivity index (χ0v) is 22.5. The fourth-order valence-electron chi connectivity index (χ4n) is 4.80. The lowest BCUT2D eigenvalue weighted by Gasteiger charge is -2.29. The van der Waals surface area contributed by atoms with Crippen molar-refractivity contribution in [1.82, 2.24) is 19.8 Å². The Balaban J connectivity index is 1.43. The summed E-state index contributed by atoms with van der Waals surface area (Å²) in [5, 5.41) is 6.97. The molecule has 2 N–H and O–H groups in total. The van der Waals surface area contributed by atoms with E-state index in [0.717, 1.165) is 28.3 Å². The number of hydrogen-bond acceptors (Lipinski definition) is 5. The van der Waals surface area contributed by atoms with E-state index in [2.05, 4.69) is 25.1 Å². The predicted octanol–water partition coefficient (Wildman–Crippen LogP) is 4.97. The van der Waals surface area contributed by atoms with E-state index < -0.39 is 0 Å². The number of ether oxygens (including phenoxy) is 1. The van der Waals surface area contributed by atoms with Crippen molar-refractivity contribution in [3.05, 3.63) is 114 Å². The molecule has 198 valence electrons. The molecule has 8 nitrogen and oxygen atoms in total. The Morgan fingerprint density at radius 2 is 1.79 bits per heavy atom. The van der Waals surface area contributed by atoms with Crippen LogP contribution >= 0.6 is 12.2 Å². The van der Waals surface area contributed by atoms with E-state index in [4.69, 9.17) is 17.0 Å². The second kappa shape index (κ2) is 11.5. The van der Waals surface area contributed by atoms with Gasteiger partial charge < -0.3 is 24.8 Å². The number of nitrogens with one attached hydrogen (secondary N) is 2. The first-order valence-corrected chi connectivity index (χ1v) is 13.1. The van der Waals surface area contributed by atoms with E-state index in [1.807, 2.05) is 79.9 Å². The minimum absolute atomic E-state index is 0.0875. The molecule has 2 aromatic carbocycles. The van der Waals surface area contributed by atoms with Crippen molar-refractivity contribution in [3.8, 4) is 5.69 Å². The van der Waals surface area contributed by atoms with Gasteiger partial charge in [-0.15, -0.1) is 0 Å². The van der Waals surface area contributed by atoms with Crippen LogP contribution in [0.1, 0.15) is 45.8 Å². The number of esters is 1. The van der Waals surface area contributed by atoms with Crippen molar-refractivity contribution in [1.29, 1.82) is 0 Å². The Morgan fingerprint density at radius 3 is 2.49 bits per heavy atom. The predicted molar refractivity (Wildman–Crippen MR) is 154 cm³/mol. The van der Waals surface area contributed by atoms with Crippen LogP contribution in [0.2, 0.25) is 0 Å². The van der Waals surface area contributed by atoms with E-state index in [1.165, 1.54) is 7.11 Å². The average Bonchev–Trinajstić information content (AvgIpc) is 3.57. The molecule has 1 fully saturated rings. The Morgan fingerprint density at radius 1 is 1.03 bits per heavy atom. The average molecular weight is 540 g/mol. The van der Waals surface area contributed by atoms with Gasteiger partial charge >= 0.3 is 5.97 Å². The van der Waals surface area contributed by atoms with Gasteiger partial charge in [-0.3, -0.25) is 9.78 Å². The molecule has 0 radical (unpaired) electrons. The van der Waals surface area contributed by atoms with Crippen molar-refractivity contribution in [2.75, 3.05) is 19.0 Å². The van der Waals surface area contributed by atoms with Gasteiger partial charge in [0.1, 0.15) is 0 Å². The van der Waals surface area contributed by atoms with Gasteiger partial charge in [0, 0.05) is 42.4 Å². The van der Waals surface area contributed by atoms with Crippen LogP contribution in [0.15, 0.2) is 91.3 Å². The minimum atomic E-state index is -0.384. The number of pyridine rings is 1. The molecule has 2 atom stereocenters. The fourth-order valence-corrected chi connectivity index (χ4v) is 5.13. The summed E-state index contributed by atoms with van der Waals surface area (Å²) in [7, 11) is 1.36. The second-order valence-electron chi connectivity index (χ2n) is 9.33. The molecule has 1 aliphatic rings. The largest absolute Gasteiger partial charge is 0.465 e. The second-order valence-corrected chi connectivity index (χ2v) is 9.71. The third kappa shape index (κ3) is 5.68. The Bertz CT molecular complexity index is 1470. The number of amides is 1. The number of carbonyl (C=O) groups excluding carboxylic acids is 2. The van der Waals surface area contributed by atoms with Gasteiger partial charge in [0.15, 0.2) is 5.11 Å². The molecule has 9 heteroatoms. The molecule has 0 bridgehead atoms. The number of hydrogen-bond donors (Lipinski definition) is 2. The molecule has 1 saturated heterocycles. The van der Waals surface area contributed by atoms with Crippen molar-refractivity contribution in [3.63, 3.8) is 0 Å². The maximum Gasteiger partial charge on any atom is 0.337 e. The lowest BCUT2D eigenvalue weighted by Crippen LogP contribution is -2.33. The highest BCUT2D eigenvalue weighted by Gasteiger charge is 2.41. The van der Waals surface area contributed by atoms with E-state index >= 15 is 0 Å². The van der Waals surface area contributed by atoms with E-state index in [9.17, 15) is 9.59 Å². The van der Waals surface area contributed by atoms with Crippen LogP contribution in [0.3, 0.4) is 0 Å². The molecule has 39 heavy (non-hydrogen) atoms. The van der Waals surface area contributed by atoms with Gasteiger partial charge in [0.2, 0.25) is 5.91 Å². The SMILES string of the molecule is COC(=O)c1ccc(-n2cccc2[C@@H]2[C@@H](c3ccccn3)NC(=S)N2CCC(=O)Nc2ccc(C)cc2)cc1. The Labute approximate surface area is 232 Å². The minimum Gasteiger partial charge on any atom is -0.465 e. The van der Waals surface area contributed by atoms with Crippen molar-refractivity contribution < 1.29 is 14.3 Å². The lowest BCUT2D eigenvalue weighted by molar-refractivity contribution is -0.116. The van der Waals surface area contributed by atoms with Gasteiger partial charge in [-0.1, -0.05) is 23.8 Å². The number of aryl methyl sites for hydroxylation is 1. The molecule has 2 aromatic heterocycles. The summed E-state index contributed by atoms with van der Waals surface area (Å²) in [5.41, 5.74) is 5.09. The normalized spacial score (nSPS) is 16.6. The maximum atomic E-state index is 12.8. The molecule has 3 heterocycles. The highest BCUT2D eigenvalue weighted by atomic mass is 32.1. The zero-order chi connectivity index (χ0) is 27.4. The summed E-state index contributed by atoms with van der Waals surface area (Å²) >= 11 is 5.78. The van der Waals surface area contributed by atoms with Gasteiger partial charge in [-0.25, -0.2) is 4.79 Å². The topological polar surface area (TPSA) is 88.5 Å². The van der Waals surface area contributed by atoms with Crippen LogP contribution in [0, 0.1) is 6.92 Å². The number of thiocarbonyl (C=S) groups is 1. The number of methoxy groups -OCH3 is 1. The molecule has 0 spiro atoms. The number of anilines is 1. The number of nitrogens with zero attached hydrogens (tertiary/aromatic N) is 3. The van der Waals surface area contributed by atoms with Crippen LogP contribution in [-0.4, -0.2) is 45.1 Å². The quantitative estimate of drug-likeness (QED) is 0.241. The van der Waals surface area contributed by atoms with Gasteiger partial charge in [0.05, 0.1) is 30.5 Å². The Hall–Kier alpha value is -4.50. The molecule has 0 unspecified atom stereocenters. The summed E-state index contributed by atoms with van der Waals surface area (Å²) in [6.07, 6.45) is 4.00. The lowest BCUT2D eigenvalue weighted by atomic mass is 10.0. The molecule has 4 aromatic rings. The van der Waals surface area contributed by atoms with Crippen molar-refractivity contribution >= 4 is 34.9 Å². The number of carbonyl (C=O) groups is 2. The molecule has 0 aliphatic carbocycles. The molecular weight excluding hydrogens is 510 g/mol. The number of benzene rings is 2.